The van der Waals surface area contributed by atoms with E-state index < -0.39 is 11.8 Å². The fraction of sp³-hybridized carbons (Fsp3) is 0.680. The molecule has 1 aliphatic rings. The second-order valence-corrected chi connectivity index (χ2v) is 8.98. The predicted molar refractivity (Wildman–Crippen MR) is 124 cm³/mol. The minimum absolute atomic E-state index is 0.00362. The van der Waals surface area contributed by atoms with Crippen LogP contribution in [0.3, 0.4) is 0 Å². The van der Waals surface area contributed by atoms with Gasteiger partial charge in [0.05, 0.1) is 25.9 Å². The van der Waals surface area contributed by atoms with Crippen molar-refractivity contribution in [2.45, 2.75) is 57.9 Å². The Labute approximate surface area is 197 Å². The van der Waals surface area contributed by atoms with E-state index in [2.05, 4.69) is 12.2 Å². The van der Waals surface area contributed by atoms with Crippen molar-refractivity contribution in [2.24, 2.45) is 17.8 Å². The summed E-state index contributed by atoms with van der Waals surface area (Å²) >= 11 is 0. The highest BCUT2D eigenvalue weighted by atomic mass is 16.7. The van der Waals surface area contributed by atoms with E-state index in [0.29, 0.717) is 38.4 Å². The van der Waals surface area contributed by atoms with Gasteiger partial charge in [0.15, 0.2) is 0 Å². The zero-order valence-corrected chi connectivity index (χ0v) is 20.0. The summed E-state index contributed by atoms with van der Waals surface area (Å²) in [6.07, 6.45) is 5.49. The molecule has 8 nitrogen and oxygen atoms in total. The molecule has 1 aliphatic carbocycles. The highest BCUT2D eigenvalue weighted by Gasteiger charge is 2.28. The maximum Gasteiger partial charge on any atom is 0.246 e. The van der Waals surface area contributed by atoms with Crippen molar-refractivity contribution < 1.29 is 29.0 Å². The Morgan fingerprint density at radius 1 is 1.09 bits per heavy atom. The van der Waals surface area contributed by atoms with Gasteiger partial charge in [0.1, 0.15) is 6.79 Å². The van der Waals surface area contributed by atoms with Gasteiger partial charge in [0, 0.05) is 18.9 Å². The molecule has 1 aromatic carbocycles. The van der Waals surface area contributed by atoms with Gasteiger partial charge in [-0.15, -0.1) is 0 Å². The fourth-order valence-electron chi connectivity index (χ4n) is 4.24. The summed E-state index contributed by atoms with van der Waals surface area (Å²) in [6.45, 7) is 3.42. The average Bonchev–Trinajstić information content (AvgIpc) is 2.84. The molecule has 0 aliphatic heterocycles. The van der Waals surface area contributed by atoms with E-state index in [4.69, 9.17) is 14.2 Å². The lowest BCUT2D eigenvalue weighted by atomic mass is 9.82. The van der Waals surface area contributed by atoms with Gasteiger partial charge in [0.2, 0.25) is 11.8 Å². The van der Waals surface area contributed by atoms with E-state index in [1.54, 1.807) is 12.6 Å². The van der Waals surface area contributed by atoms with Crippen LogP contribution in [-0.2, 0) is 30.2 Å². The molecular formula is C25H40N2O6. The number of ether oxygens (including phenoxy) is 3. The van der Waals surface area contributed by atoms with Crippen LogP contribution in [0.5, 0.6) is 0 Å². The molecule has 0 radical (unpaired) electrons. The van der Waals surface area contributed by atoms with Crippen molar-refractivity contribution in [3.05, 3.63) is 35.9 Å². The highest BCUT2D eigenvalue weighted by molar-refractivity contribution is 5.80. The zero-order chi connectivity index (χ0) is 23.9. The van der Waals surface area contributed by atoms with E-state index in [1.807, 2.05) is 30.3 Å². The van der Waals surface area contributed by atoms with Gasteiger partial charge in [-0.3, -0.25) is 14.8 Å². The number of hydroxylamine groups is 1. The SMILES string of the molecule is COCCOCOC[C@H](C[C@H](CCc1ccccc1)C(=O)NO)NC(=O)[C@H]1CC[C@H](C)CC1. The Morgan fingerprint density at radius 2 is 1.82 bits per heavy atom. The van der Waals surface area contributed by atoms with Crippen molar-refractivity contribution in [1.29, 1.82) is 0 Å². The number of rotatable bonds is 15. The summed E-state index contributed by atoms with van der Waals surface area (Å²) in [7, 11) is 1.60. The van der Waals surface area contributed by atoms with Gasteiger partial charge in [0.25, 0.3) is 0 Å². The number of aryl methyl sites for hydroxylation is 1. The quantitative estimate of drug-likeness (QED) is 0.159. The maximum absolute atomic E-state index is 12.9. The molecule has 186 valence electrons. The number of carbonyl (C=O) groups excluding carboxylic acids is 2. The summed E-state index contributed by atoms with van der Waals surface area (Å²) in [6, 6.07) is 9.53. The molecule has 8 heteroatoms. The Bertz CT molecular complexity index is 679. The first kappa shape index (κ1) is 27.2. The van der Waals surface area contributed by atoms with Gasteiger partial charge < -0.3 is 19.5 Å². The molecule has 1 saturated carbocycles. The minimum atomic E-state index is -0.468. The van der Waals surface area contributed by atoms with Gasteiger partial charge in [-0.1, -0.05) is 37.3 Å². The molecule has 0 saturated heterocycles. The number of methoxy groups -OCH3 is 1. The molecule has 0 aromatic heterocycles. The molecule has 1 fully saturated rings. The molecule has 33 heavy (non-hydrogen) atoms. The van der Waals surface area contributed by atoms with Gasteiger partial charge >= 0.3 is 0 Å². The van der Waals surface area contributed by atoms with Crippen LogP contribution < -0.4 is 10.8 Å². The van der Waals surface area contributed by atoms with Gasteiger partial charge in [-0.25, -0.2) is 5.48 Å². The van der Waals surface area contributed by atoms with E-state index >= 15 is 0 Å². The second kappa shape index (κ2) is 15.8. The number of amides is 2. The van der Waals surface area contributed by atoms with Crippen LogP contribution in [0.25, 0.3) is 0 Å². The first-order valence-corrected chi connectivity index (χ1v) is 12.0. The average molecular weight is 465 g/mol. The molecule has 1 aromatic rings. The molecule has 0 spiro atoms. The monoisotopic (exact) mass is 464 g/mol. The fourth-order valence-corrected chi connectivity index (χ4v) is 4.24. The lowest BCUT2D eigenvalue weighted by molar-refractivity contribution is -0.135. The van der Waals surface area contributed by atoms with Crippen LogP contribution >= 0.6 is 0 Å². The first-order chi connectivity index (χ1) is 16.0. The molecule has 3 N–H and O–H groups in total. The van der Waals surface area contributed by atoms with E-state index in [-0.39, 0.29) is 31.3 Å². The summed E-state index contributed by atoms with van der Waals surface area (Å²) in [5.41, 5.74) is 2.91. The largest absolute Gasteiger partial charge is 0.382 e. The summed E-state index contributed by atoms with van der Waals surface area (Å²) < 4.78 is 15.9. The zero-order valence-electron chi connectivity index (χ0n) is 20.0. The summed E-state index contributed by atoms with van der Waals surface area (Å²) in [5.74, 6) is -0.246. The van der Waals surface area contributed by atoms with Gasteiger partial charge in [-0.2, -0.15) is 0 Å². The van der Waals surface area contributed by atoms with Crippen molar-refractivity contribution in [1.82, 2.24) is 10.8 Å². The molecule has 0 heterocycles. The molecule has 2 atom stereocenters. The Kier molecular flexibility index (Phi) is 13.0. The molecule has 2 amide bonds. The lowest BCUT2D eigenvalue weighted by Crippen LogP contribution is -2.45. The summed E-state index contributed by atoms with van der Waals surface area (Å²) in [5, 5.41) is 12.4. The molecule has 2 rings (SSSR count). The van der Waals surface area contributed by atoms with Crippen LogP contribution in [0.2, 0.25) is 0 Å². The number of nitrogens with one attached hydrogen (secondary N) is 2. The standard InChI is InChI=1S/C25H40N2O6/c1-19-8-11-21(12-9-19)24(28)26-23(17-33-18-32-15-14-31-2)16-22(25(29)27-30)13-10-20-6-4-3-5-7-20/h3-7,19,21-23,30H,8-18H2,1-2H3,(H,26,28)(H,27,29)/t19-,21-,22-,23-/m0/s1. The number of benzene rings is 1. The maximum atomic E-state index is 12.9. The third-order valence-electron chi connectivity index (χ3n) is 6.32. The van der Waals surface area contributed by atoms with Crippen molar-refractivity contribution in [3.63, 3.8) is 0 Å². The molecule has 0 unspecified atom stereocenters. The molecular weight excluding hydrogens is 424 g/mol. The van der Waals surface area contributed by atoms with Crippen LogP contribution in [0.1, 0.15) is 51.0 Å². The first-order valence-electron chi connectivity index (χ1n) is 12.0. The van der Waals surface area contributed by atoms with Crippen LogP contribution in [-0.4, -0.2) is 56.8 Å². The Hall–Kier alpha value is -2.00. The Morgan fingerprint density at radius 3 is 2.48 bits per heavy atom. The number of hydrogen-bond acceptors (Lipinski definition) is 6. The summed E-state index contributed by atoms with van der Waals surface area (Å²) in [4.78, 5) is 25.3. The topological polar surface area (TPSA) is 106 Å². The third-order valence-corrected chi connectivity index (χ3v) is 6.32. The number of hydrogen-bond donors (Lipinski definition) is 3. The van der Waals surface area contributed by atoms with E-state index in [9.17, 15) is 14.8 Å². The van der Waals surface area contributed by atoms with Gasteiger partial charge in [-0.05, 0) is 56.4 Å². The number of carbonyl (C=O) groups is 2. The van der Waals surface area contributed by atoms with E-state index in [0.717, 1.165) is 31.2 Å². The van der Waals surface area contributed by atoms with Crippen LogP contribution in [0, 0.1) is 17.8 Å². The predicted octanol–water partition coefficient (Wildman–Crippen LogP) is 3.08. The second-order valence-electron chi connectivity index (χ2n) is 8.98. The smallest absolute Gasteiger partial charge is 0.246 e. The third kappa shape index (κ3) is 10.6. The highest BCUT2D eigenvalue weighted by Crippen LogP contribution is 2.28. The lowest BCUT2D eigenvalue weighted by Gasteiger charge is -2.29. The van der Waals surface area contributed by atoms with Crippen molar-refractivity contribution in [2.75, 3.05) is 33.7 Å². The van der Waals surface area contributed by atoms with Crippen molar-refractivity contribution in [3.8, 4) is 0 Å². The van der Waals surface area contributed by atoms with Crippen molar-refractivity contribution >= 4 is 11.8 Å². The Balaban J connectivity index is 1.96. The minimum Gasteiger partial charge on any atom is -0.382 e. The van der Waals surface area contributed by atoms with Crippen LogP contribution in [0.15, 0.2) is 30.3 Å². The van der Waals surface area contributed by atoms with Crippen LogP contribution in [0.4, 0.5) is 0 Å². The molecule has 0 bridgehead atoms. The normalized spacial score (nSPS) is 20.1. The van der Waals surface area contributed by atoms with E-state index in [1.165, 1.54) is 0 Å².